The minimum absolute atomic E-state index is 0.0986. The largest absolute Gasteiger partial charge is 0.298 e. The zero-order valence-electron chi connectivity index (χ0n) is 9.59. The molecule has 0 unspecified atom stereocenters. The Morgan fingerprint density at radius 1 is 1.24 bits per heavy atom. The summed E-state index contributed by atoms with van der Waals surface area (Å²) in [7, 11) is 0. The van der Waals surface area contributed by atoms with Crippen molar-refractivity contribution in [3.63, 3.8) is 0 Å². The number of benzene rings is 1. The molecule has 1 fully saturated rings. The molecule has 17 heavy (non-hydrogen) atoms. The smallest absolute Gasteiger partial charge is 0.273 e. The first-order valence-corrected chi connectivity index (χ1v) is 5.96. The second kappa shape index (κ2) is 5.08. The average Bonchev–Trinajstić information content (AvgIpc) is 2.39. The second-order valence-electron chi connectivity index (χ2n) is 4.53. The lowest BCUT2D eigenvalue weighted by Crippen LogP contribution is -2.07. The molecule has 0 atom stereocenters. The van der Waals surface area contributed by atoms with Crippen LogP contribution in [0.4, 0.5) is 5.69 Å². The van der Waals surface area contributed by atoms with Crippen LogP contribution in [0.3, 0.4) is 0 Å². The molecule has 0 aliphatic heterocycles. The van der Waals surface area contributed by atoms with Crippen molar-refractivity contribution in [1.82, 2.24) is 0 Å². The van der Waals surface area contributed by atoms with Crippen LogP contribution in [-0.4, -0.2) is 11.2 Å². The molecule has 0 aromatic heterocycles. The van der Waals surface area contributed by atoms with Gasteiger partial charge in [0.1, 0.15) is 6.29 Å². The standard InChI is InChI=1S/C13H15NO3/c15-9-10-6-7-12(13(8-10)14(16)17)11-4-2-1-3-5-11/h6-9,11H,1-5H2. The molecule has 0 amide bonds. The molecule has 0 heterocycles. The highest BCUT2D eigenvalue weighted by Crippen LogP contribution is 2.37. The van der Waals surface area contributed by atoms with Gasteiger partial charge < -0.3 is 0 Å². The summed E-state index contributed by atoms with van der Waals surface area (Å²) < 4.78 is 0. The van der Waals surface area contributed by atoms with Gasteiger partial charge in [-0.05, 0) is 18.8 Å². The van der Waals surface area contributed by atoms with Crippen LogP contribution >= 0.6 is 0 Å². The number of nitrogens with zero attached hydrogens (tertiary/aromatic N) is 1. The molecule has 2 rings (SSSR count). The lowest BCUT2D eigenvalue weighted by atomic mass is 9.83. The van der Waals surface area contributed by atoms with Crippen LogP contribution in [0.5, 0.6) is 0 Å². The minimum Gasteiger partial charge on any atom is -0.298 e. The minimum atomic E-state index is -0.378. The van der Waals surface area contributed by atoms with Crippen molar-refractivity contribution in [2.75, 3.05) is 0 Å². The topological polar surface area (TPSA) is 60.2 Å². The third kappa shape index (κ3) is 2.52. The first kappa shape index (κ1) is 11.8. The van der Waals surface area contributed by atoms with Gasteiger partial charge in [-0.25, -0.2) is 0 Å². The lowest BCUT2D eigenvalue weighted by molar-refractivity contribution is -0.385. The van der Waals surface area contributed by atoms with Gasteiger partial charge >= 0.3 is 0 Å². The normalized spacial score (nSPS) is 16.7. The molecule has 1 aromatic rings. The summed E-state index contributed by atoms with van der Waals surface area (Å²) in [6.45, 7) is 0. The van der Waals surface area contributed by atoms with Crippen molar-refractivity contribution in [1.29, 1.82) is 0 Å². The van der Waals surface area contributed by atoms with Crippen LogP contribution in [0.1, 0.15) is 53.9 Å². The molecule has 4 heteroatoms. The summed E-state index contributed by atoms with van der Waals surface area (Å²) in [5.41, 5.74) is 1.26. The summed E-state index contributed by atoms with van der Waals surface area (Å²) in [5.74, 6) is 0.282. The Kier molecular flexibility index (Phi) is 3.52. The van der Waals surface area contributed by atoms with Crippen LogP contribution < -0.4 is 0 Å². The second-order valence-corrected chi connectivity index (χ2v) is 4.53. The first-order chi connectivity index (χ1) is 8.22. The van der Waals surface area contributed by atoms with Crippen molar-refractivity contribution in [2.45, 2.75) is 38.0 Å². The molecule has 90 valence electrons. The number of rotatable bonds is 3. The van der Waals surface area contributed by atoms with Crippen molar-refractivity contribution in [2.24, 2.45) is 0 Å². The SMILES string of the molecule is O=Cc1ccc(C2CCCCC2)c([N+](=O)[O-])c1. The summed E-state index contributed by atoms with van der Waals surface area (Å²) in [6.07, 6.45) is 6.17. The number of nitro benzene ring substituents is 1. The van der Waals surface area contributed by atoms with E-state index in [0.717, 1.165) is 31.2 Å². The van der Waals surface area contributed by atoms with E-state index in [1.807, 2.05) is 0 Å². The third-order valence-corrected chi connectivity index (χ3v) is 3.43. The zero-order chi connectivity index (χ0) is 12.3. The molecule has 1 aliphatic carbocycles. The molecule has 4 nitrogen and oxygen atoms in total. The molecule has 0 spiro atoms. The van der Waals surface area contributed by atoms with E-state index in [9.17, 15) is 14.9 Å². The maximum absolute atomic E-state index is 11.0. The van der Waals surface area contributed by atoms with E-state index in [-0.39, 0.29) is 16.5 Å². The van der Waals surface area contributed by atoms with Crippen molar-refractivity contribution in [3.05, 3.63) is 39.4 Å². The summed E-state index contributed by atoms with van der Waals surface area (Å²) in [6, 6.07) is 4.80. The van der Waals surface area contributed by atoms with E-state index in [4.69, 9.17) is 0 Å². The van der Waals surface area contributed by atoms with Gasteiger partial charge in [0.15, 0.2) is 0 Å². The number of aldehydes is 1. The Bertz CT molecular complexity index is 436. The number of carbonyl (C=O) groups excluding carboxylic acids is 1. The Morgan fingerprint density at radius 2 is 1.94 bits per heavy atom. The predicted molar refractivity (Wildman–Crippen MR) is 64.3 cm³/mol. The van der Waals surface area contributed by atoms with Gasteiger partial charge in [0, 0.05) is 17.2 Å². The monoisotopic (exact) mass is 233 g/mol. The Labute approximate surface area is 99.8 Å². The van der Waals surface area contributed by atoms with Crippen LogP contribution in [0, 0.1) is 10.1 Å². The van der Waals surface area contributed by atoms with E-state index in [1.165, 1.54) is 12.5 Å². The van der Waals surface area contributed by atoms with Crippen LogP contribution in [-0.2, 0) is 0 Å². The maximum Gasteiger partial charge on any atom is 0.273 e. The maximum atomic E-state index is 11.0. The highest BCUT2D eigenvalue weighted by molar-refractivity contribution is 5.76. The highest BCUT2D eigenvalue weighted by atomic mass is 16.6. The number of nitro groups is 1. The summed E-state index contributed by atoms with van der Waals surface area (Å²) >= 11 is 0. The van der Waals surface area contributed by atoms with Gasteiger partial charge in [0.2, 0.25) is 0 Å². The van der Waals surface area contributed by atoms with Gasteiger partial charge in [-0.15, -0.1) is 0 Å². The zero-order valence-corrected chi connectivity index (χ0v) is 9.59. The molecular weight excluding hydrogens is 218 g/mol. The molecule has 0 saturated heterocycles. The number of hydrogen-bond acceptors (Lipinski definition) is 3. The fraction of sp³-hybridized carbons (Fsp3) is 0.462. The van der Waals surface area contributed by atoms with Crippen molar-refractivity contribution >= 4 is 12.0 Å². The van der Waals surface area contributed by atoms with Gasteiger partial charge in [-0.1, -0.05) is 31.4 Å². The third-order valence-electron chi connectivity index (χ3n) is 3.43. The fourth-order valence-electron chi connectivity index (χ4n) is 2.55. The first-order valence-electron chi connectivity index (χ1n) is 5.96. The summed E-state index contributed by atoms with van der Waals surface area (Å²) in [5, 5.41) is 11.0. The van der Waals surface area contributed by atoms with Gasteiger partial charge in [0.05, 0.1) is 4.92 Å². The van der Waals surface area contributed by atoms with Crippen molar-refractivity contribution in [3.8, 4) is 0 Å². The van der Waals surface area contributed by atoms with Crippen LogP contribution in [0.15, 0.2) is 18.2 Å². The van der Waals surface area contributed by atoms with E-state index in [0.29, 0.717) is 11.8 Å². The molecular formula is C13H15NO3. The van der Waals surface area contributed by atoms with Gasteiger partial charge in [-0.2, -0.15) is 0 Å². The fourth-order valence-corrected chi connectivity index (χ4v) is 2.55. The van der Waals surface area contributed by atoms with Crippen molar-refractivity contribution < 1.29 is 9.72 Å². The molecule has 1 saturated carbocycles. The molecule has 0 N–H and O–H groups in total. The Balaban J connectivity index is 2.37. The summed E-state index contributed by atoms with van der Waals surface area (Å²) in [4.78, 5) is 21.3. The lowest BCUT2D eigenvalue weighted by Gasteiger charge is -2.21. The van der Waals surface area contributed by atoms with E-state index >= 15 is 0 Å². The van der Waals surface area contributed by atoms with E-state index in [2.05, 4.69) is 0 Å². The molecule has 0 bridgehead atoms. The van der Waals surface area contributed by atoms with Crippen LogP contribution in [0.25, 0.3) is 0 Å². The average molecular weight is 233 g/mol. The predicted octanol–water partition coefficient (Wildman–Crippen LogP) is 3.46. The quantitative estimate of drug-likeness (QED) is 0.456. The highest BCUT2D eigenvalue weighted by Gasteiger charge is 2.24. The molecule has 1 aliphatic rings. The number of hydrogen-bond donors (Lipinski definition) is 0. The van der Waals surface area contributed by atoms with Gasteiger partial charge in [0.25, 0.3) is 5.69 Å². The Morgan fingerprint density at radius 3 is 2.53 bits per heavy atom. The molecule has 1 aromatic carbocycles. The Hall–Kier alpha value is -1.71. The number of carbonyl (C=O) groups is 1. The van der Waals surface area contributed by atoms with E-state index < -0.39 is 0 Å². The van der Waals surface area contributed by atoms with E-state index in [1.54, 1.807) is 12.1 Å². The molecule has 0 radical (unpaired) electrons. The van der Waals surface area contributed by atoms with Crippen LogP contribution in [0.2, 0.25) is 0 Å². The van der Waals surface area contributed by atoms with Gasteiger partial charge in [-0.3, -0.25) is 14.9 Å².